The van der Waals surface area contributed by atoms with E-state index in [1.807, 2.05) is 49.4 Å². The molecule has 146 valence electrons. The fourth-order valence-electron chi connectivity index (χ4n) is 3.20. The van der Waals surface area contributed by atoms with E-state index in [0.717, 1.165) is 16.3 Å². The van der Waals surface area contributed by atoms with Crippen LogP contribution in [0.15, 0.2) is 65.3 Å². The van der Waals surface area contributed by atoms with Crippen molar-refractivity contribution in [2.45, 2.75) is 6.92 Å². The molecule has 0 aliphatic carbocycles. The van der Waals surface area contributed by atoms with Crippen molar-refractivity contribution in [1.29, 1.82) is 0 Å². The molecule has 0 atom stereocenters. The zero-order valence-electron chi connectivity index (χ0n) is 15.9. The zero-order chi connectivity index (χ0) is 20.4. The second-order valence-electron chi connectivity index (χ2n) is 6.33. The molecule has 0 unspecified atom stereocenters. The lowest BCUT2D eigenvalue weighted by Crippen LogP contribution is -2.05. The third kappa shape index (κ3) is 3.69. The molecule has 4 rings (SSSR count). The lowest BCUT2D eigenvalue weighted by molar-refractivity contribution is -0.129. The highest BCUT2D eigenvalue weighted by Gasteiger charge is 2.25. The lowest BCUT2D eigenvalue weighted by Gasteiger charge is -2.11. The summed E-state index contributed by atoms with van der Waals surface area (Å²) in [5.74, 6) is 0.711. The van der Waals surface area contributed by atoms with E-state index in [4.69, 9.17) is 25.8 Å². The van der Waals surface area contributed by atoms with Gasteiger partial charge in [0.25, 0.3) is 0 Å². The van der Waals surface area contributed by atoms with E-state index in [0.29, 0.717) is 28.7 Å². The van der Waals surface area contributed by atoms with Crippen LogP contribution in [0, 0.1) is 0 Å². The standard InChI is InChI=1S/C23H18ClNO4/c1-3-28-21-18(24)11-14(13-20(21)27-2)12-19-23(26)29-22(25-19)17-10-6-8-15-7-4-5-9-16(15)17/h4-13H,3H2,1-2H3/b19-12+. The van der Waals surface area contributed by atoms with Gasteiger partial charge in [-0.1, -0.05) is 48.0 Å². The summed E-state index contributed by atoms with van der Waals surface area (Å²) >= 11 is 6.32. The minimum absolute atomic E-state index is 0.190. The Bertz CT molecular complexity index is 1160. The van der Waals surface area contributed by atoms with Crippen LogP contribution >= 0.6 is 11.6 Å². The SMILES string of the molecule is CCOc1c(Cl)cc(/C=C2/N=C(c3cccc4ccccc34)OC2=O)cc1OC. The summed E-state index contributed by atoms with van der Waals surface area (Å²) in [5, 5.41) is 2.40. The fourth-order valence-corrected chi connectivity index (χ4v) is 3.48. The number of benzene rings is 3. The molecule has 6 heteroatoms. The average Bonchev–Trinajstić information content (AvgIpc) is 3.09. The maximum Gasteiger partial charge on any atom is 0.363 e. The van der Waals surface area contributed by atoms with E-state index in [-0.39, 0.29) is 11.6 Å². The van der Waals surface area contributed by atoms with Gasteiger partial charge in [0.15, 0.2) is 17.2 Å². The van der Waals surface area contributed by atoms with E-state index >= 15 is 0 Å². The first-order valence-electron chi connectivity index (χ1n) is 9.11. The van der Waals surface area contributed by atoms with Gasteiger partial charge in [-0.25, -0.2) is 9.79 Å². The van der Waals surface area contributed by atoms with Gasteiger partial charge >= 0.3 is 5.97 Å². The van der Waals surface area contributed by atoms with Gasteiger partial charge in [0.2, 0.25) is 5.90 Å². The molecule has 0 radical (unpaired) electrons. The van der Waals surface area contributed by atoms with Crippen molar-refractivity contribution < 1.29 is 19.0 Å². The lowest BCUT2D eigenvalue weighted by atomic mass is 10.0. The van der Waals surface area contributed by atoms with E-state index in [2.05, 4.69) is 4.99 Å². The maximum atomic E-state index is 12.4. The smallest absolute Gasteiger partial charge is 0.363 e. The Morgan fingerprint density at radius 3 is 2.72 bits per heavy atom. The minimum Gasteiger partial charge on any atom is -0.493 e. The van der Waals surface area contributed by atoms with Crippen molar-refractivity contribution in [3.63, 3.8) is 0 Å². The second kappa shape index (κ2) is 7.97. The van der Waals surface area contributed by atoms with Gasteiger partial charge in [-0.05, 0) is 47.5 Å². The van der Waals surface area contributed by atoms with Crippen LogP contribution in [-0.4, -0.2) is 25.6 Å². The van der Waals surface area contributed by atoms with Crippen molar-refractivity contribution in [2.24, 2.45) is 4.99 Å². The highest BCUT2D eigenvalue weighted by Crippen LogP contribution is 2.37. The summed E-state index contributed by atoms with van der Waals surface area (Å²) < 4.78 is 16.3. The molecule has 5 nitrogen and oxygen atoms in total. The average molecular weight is 408 g/mol. The van der Waals surface area contributed by atoms with Crippen LogP contribution in [0.3, 0.4) is 0 Å². The van der Waals surface area contributed by atoms with E-state index in [9.17, 15) is 4.79 Å². The Labute approximate surface area is 173 Å². The van der Waals surface area contributed by atoms with Gasteiger partial charge in [0.1, 0.15) is 0 Å². The predicted octanol–water partition coefficient (Wildman–Crippen LogP) is 5.25. The number of carbonyl (C=O) groups excluding carboxylic acids is 1. The summed E-state index contributed by atoms with van der Waals surface area (Å²) in [7, 11) is 1.53. The molecule has 1 aliphatic heterocycles. The monoisotopic (exact) mass is 407 g/mol. The quantitative estimate of drug-likeness (QED) is 0.428. The molecule has 0 bridgehead atoms. The van der Waals surface area contributed by atoms with Crippen LogP contribution in [0.4, 0.5) is 0 Å². The molecule has 0 spiro atoms. The third-order valence-electron chi connectivity index (χ3n) is 4.48. The molecule has 0 saturated carbocycles. The molecule has 0 fully saturated rings. The van der Waals surface area contributed by atoms with Crippen LogP contribution in [0.2, 0.25) is 5.02 Å². The number of esters is 1. The number of rotatable bonds is 5. The molecule has 3 aromatic carbocycles. The number of methoxy groups -OCH3 is 1. The second-order valence-corrected chi connectivity index (χ2v) is 6.74. The van der Waals surface area contributed by atoms with Crippen molar-refractivity contribution in [3.05, 3.63) is 76.4 Å². The predicted molar refractivity (Wildman–Crippen MR) is 114 cm³/mol. The Kier molecular flexibility index (Phi) is 5.23. The largest absolute Gasteiger partial charge is 0.493 e. The Morgan fingerprint density at radius 2 is 1.93 bits per heavy atom. The molecule has 1 heterocycles. The van der Waals surface area contributed by atoms with E-state index in [1.54, 1.807) is 18.2 Å². The number of nitrogens with zero attached hydrogens (tertiary/aromatic N) is 1. The maximum absolute atomic E-state index is 12.4. The van der Waals surface area contributed by atoms with Gasteiger partial charge in [-0.15, -0.1) is 0 Å². The normalized spacial score (nSPS) is 14.8. The first-order chi connectivity index (χ1) is 14.1. The molecule has 3 aromatic rings. The van der Waals surface area contributed by atoms with Crippen LogP contribution in [0.25, 0.3) is 16.8 Å². The topological polar surface area (TPSA) is 57.1 Å². The number of aliphatic imine (C=N–C) groups is 1. The highest BCUT2D eigenvalue weighted by atomic mass is 35.5. The molecule has 0 amide bonds. The number of cyclic esters (lactones) is 1. The number of hydrogen-bond acceptors (Lipinski definition) is 5. The molecule has 0 N–H and O–H groups in total. The highest BCUT2D eigenvalue weighted by molar-refractivity contribution is 6.32. The summed E-state index contributed by atoms with van der Waals surface area (Å²) in [6.45, 7) is 2.32. The Morgan fingerprint density at radius 1 is 1.14 bits per heavy atom. The van der Waals surface area contributed by atoms with Crippen LogP contribution < -0.4 is 9.47 Å². The molecular weight excluding hydrogens is 390 g/mol. The van der Waals surface area contributed by atoms with Gasteiger partial charge in [-0.3, -0.25) is 0 Å². The van der Waals surface area contributed by atoms with Crippen molar-refractivity contribution in [1.82, 2.24) is 0 Å². The first-order valence-corrected chi connectivity index (χ1v) is 9.49. The number of halogens is 1. The van der Waals surface area contributed by atoms with Crippen LogP contribution in [0.1, 0.15) is 18.1 Å². The molecule has 1 aliphatic rings. The van der Waals surface area contributed by atoms with E-state index in [1.165, 1.54) is 7.11 Å². The van der Waals surface area contributed by atoms with Crippen molar-refractivity contribution >= 4 is 40.3 Å². The zero-order valence-corrected chi connectivity index (χ0v) is 16.7. The van der Waals surface area contributed by atoms with Crippen molar-refractivity contribution in [2.75, 3.05) is 13.7 Å². The summed E-state index contributed by atoms with van der Waals surface area (Å²) in [4.78, 5) is 16.8. The number of carbonyl (C=O) groups is 1. The summed E-state index contributed by atoms with van der Waals surface area (Å²) in [6.07, 6.45) is 1.62. The van der Waals surface area contributed by atoms with Crippen LogP contribution in [-0.2, 0) is 9.53 Å². The molecule has 0 aromatic heterocycles. The molecule has 0 saturated heterocycles. The van der Waals surface area contributed by atoms with Gasteiger partial charge < -0.3 is 14.2 Å². The number of ether oxygens (including phenoxy) is 3. The van der Waals surface area contributed by atoms with Gasteiger partial charge in [0, 0.05) is 5.56 Å². The fraction of sp³-hybridized carbons (Fsp3) is 0.130. The summed E-state index contributed by atoms with van der Waals surface area (Å²) in [5.41, 5.74) is 1.61. The number of fused-ring (bicyclic) bond motifs is 1. The van der Waals surface area contributed by atoms with Gasteiger partial charge in [0.05, 0.1) is 18.7 Å². The molecule has 29 heavy (non-hydrogen) atoms. The Balaban J connectivity index is 1.74. The van der Waals surface area contributed by atoms with Gasteiger partial charge in [-0.2, -0.15) is 0 Å². The molecular formula is C23H18ClNO4. The minimum atomic E-state index is -0.517. The third-order valence-corrected chi connectivity index (χ3v) is 4.77. The Hall–Kier alpha value is -3.31. The first kappa shape index (κ1) is 19.0. The van der Waals surface area contributed by atoms with E-state index < -0.39 is 5.97 Å². The summed E-state index contributed by atoms with van der Waals surface area (Å²) in [6, 6.07) is 17.1. The van der Waals surface area contributed by atoms with Crippen molar-refractivity contribution in [3.8, 4) is 11.5 Å². The van der Waals surface area contributed by atoms with Crippen LogP contribution in [0.5, 0.6) is 11.5 Å². The number of hydrogen-bond donors (Lipinski definition) is 0.